The van der Waals surface area contributed by atoms with E-state index >= 15 is 0 Å². The van der Waals surface area contributed by atoms with E-state index in [1.54, 1.807) is 0 Å². The normalized spacial score (nSPS) is 26.4. The Morgan fingerprint density at radius 2 is 1.73 bits per heavy atom. The summed E-state index contributed by atoms with van der Waals surface area (Å²) in [5.41, 5.74) is 2.47. The zero-order chi connectivity index (χ0) is 17.9. The fourth-order valence-electron chi connectivity index (χ4n) is 4.71. The van der Waals surface area contributed by atoms with Gasteiger partial charge in [-0.25, -0.2) is 0 Å². The van der Waals surface area contributed by atoms with Gasteiger partial charge in [-0.3, -0.25) is 9.69 Å². The monoisotopic (exact) mass is 348 g/mol. The number of nitrogens with zero attached hydrogens (tertiary/aromatic N) is 1. The van der Waals surface area contributed by atoms with Crippen molar-refractivity contribution < 1.29 is 4.79 Å². The smallest absolute Gasteiger partial charge is 0.227 e. The van der Waals surface area contributed by atoms with Crippen LogP contribution in [0.15, 0.2) is 60.7 Å². The molecule has 2 aliphatic rings. The van der Waals surface area contributed by atoms with Crippen LogP contribution in [0, 0.1) is 11.8 Å². The summed E-state index contributed by atoms with van der Waals surface area (Å²) in [6.45, 7) is 5.30. The molecule has 4 rings (SSSR count). The Morgan fingerprint density at radius 3 is 2.46 bits per heavy atom. The van der Waals surface area contributed by atoms with Crippen LogP contribution in [0.5, 0.6) is 0 Å². The molecule has 2 aromatic carbocycles. The molecular weight excluding hydrogens is 320 g/mol. The molecule has 0 spiro atoms. The van der Waals surface area contributed by atoms with E-state index in [0.717, 1.165) is 31.0 Å². The molecule has 0 radical (unpaired) electrons. The summed E-state index contributed by atoms with van der Waals surface area (Å²) in [6.07, 6.45) is 2.36. The Bertz CT molecular complexity index is 730. The molecule has 1 saturated heterocycles. The first kappa shape index (κ1) is 17.3. The van der Waals surface area contributed by atoms with Crippen molar-refractivity contribution in [3.05, 3.63) is 71.8 Å². The van der Waals surface area contributed by atoms with Gasteiger partial charge in [-0.15, -0.1) is 0 Å². The van der Waals surface area contributed by atoms with Crippen LogP contribution in [0.4, 0.5) is 0 Å². The van der Waals surface area contributed by atoms with Gasteiger partial charge in [-0.1, -0.05) is 60.7 Å². The molecule has 1 saturated carbocycles. The molecule has 1 amide bonds. The molecule has 1 N–H and O–H groups in total. The SMILES string of the molecule is C[C@H](C(=O)N[C@@H]1CC[C@H]2CN(Cc3ccccc3)C[C@H]21)c1ccccc1. The van der Waals surface area contributed by atoms with Crippen molar-refractivity contribution >= 4 is 5.91 Å². The van der Waals surface area contributed by atoms with Gasteiger partial charge in [0, 0.05) is 25.7 Å². The van der Waals surface area contributed by atoms with E-state index < -0.39 is 0 Å². The number of carbonyl (C=O) groups is 1. The molecule has 1 aliphatic heterocycles. The van der Waals surface area contributed by atoms with Gasteiger partial charge < -0.3 is 5.32 Å². The Morgan fingerprint density at radius 1 is 1.04 bits per heavy atom. The largest absolute Gasteiger partial charge is 0.353 e. The van der Waals surface area contributed by atoms with Gasteiger partial charge in [0.2, 0.25) is 5.91 Å². The van der Waals surface area contributed by atoms with Gasteiger partial charge in [0.25, 0.3) is 0 Å². The fraction of sp³-hybridized carbons (Fsp3) is 0.435. The van der Waals surface area contributed by atoms with Crippen LogP contribution in [-0.4, -0.2) is 29.9 Å². The maximum atomic E-state index is 12.7. The van der Waals surface area contributed by atoms with Crippen molar-refractivity contribution in [3.8, 4) is 0 Å². The highest BCUT2D eigenvalue weighted by molar-refractivity contribution is 5.83. The number of rotatable bonds is 5. The highest BCUT2D eigenvalue weighted by Gasteiger charge is 2.43. The van der Waals surface area contributed by atoms with Crippen molar-refractivity contribution in [2.45, 2.75) is 38.3 Å². The lowest BCUT2D eigenvalue weighted by Crippen LogP contribution is -2.41. The van der Waals surface area contributed by atoms with Crippen LogP contribution in [0.25, 0.3) is 0 Å². The van der Waals surface area contributed by atoms with E-state index in [1.807, 2.05) is 37.3 Å². The van der Waals surface area contributed by atoms with Gasteiger partial charge in [0.15, 0.2) is 0 Å². The molecule has 3 heteroatoms. The molecule has 0 unspecified atom stereocenters. The van der Waals surface area contributed by atoms with Crippen LogP contribution in [0.1, 0.15) is 36.8 Å². The third kappa shape index (κ3) is 3.68. The van der Waals surface area contributed by atoms with E-state index in [4.69, 9.17) is 0 Å². The Kier molecular flexibility index (Phi) is 5.07. The van der Waals surface area contributed by atoms with Gasteiger partial charge in [-0.05, 0) is 42.7 Å². The Balaban J connectivity index is 1.35. The van der Waals surface area contributed by atoms with Crippen LogP contribution >= 0.6 is 0 Å². The van der Waals surface area contributed by atoms with Crippen molar-refractivity contribution in [2.24, 2.45) is 11.8 Å². The van der Waals surface area contributed by atoms with Gasteiger partial charge in [0.05, 0.1) is 5.92 Å². The lowest BCUT2D eigenvalue weighted by Gasteiger charge is -2.23. The second-order valence-corrected chi connectivity index (χ2v) is 7.93. The summed E-state index contributed by atoms with van der Waals surface area (Å²) in [5.74, 6) is 1.42. The summed E-state index contributed by atoms with van der Waals surface area (Å²) < 4.78 is 0. The highest BCUT2D eigenvalue weighted by Crippen LogP contribution is 2.39. The van der Waals surface area contributed by atoms with Gasteiger partial charge in [0.1, 0.15) is 0 Å². The van der Waals surface area contributed by atoms with Crippen molar-refractivity contribution in [2.75, 3.05) is 13.1 Å². The number of likely N-dealkylation sites (tertiary alicyclic amines) is 1. The number of fused-ring (bicyclic) bond motifs is 1. The average molecular weight is 348 g/mol. The highest BCUT2D eigenvalue weighted by atomic mass is 16.1. The Hall–Kier alpha value is -2.13. The minimum absolute atomic E-state index is 0.0860. The summed E-state index contributed by atoms with van der Waals surface area (Å²) in [7, 11) is 0. The number of carbonyl (C=O) groups excluding carboxylic acids is 1. The van der Waals surface area contributed by atoms with Crippen LogP contribution in [-0.2, 0) is 11.3 Å². The predicted molar refractivity (Wildman–Crippen MR) is 105 cm³/mol. The maximum Gasteiger partial charge on any atom is 0.227 e. The van der Waals surface area contributed by atoms with Crippen molar-refractivity contribution in [1.82, 2.24) is 10.2 Å². The van der Waals surface area contributed by atoms with Crippen molar-refractivity contribution in [3.63, 3.8) is 0 Å². The maximum absolute atomic E-state index is 12.7. The number of benzene rings is 2. The first-order valence-electron chi connectivity index (χ1n) is 9.82. The predicted octanol–water partition coefficient (Wildman–Crippen LogP) is 3.82. The minimum Gasteiger partial charge on any atom is -0.353 e. The Labute approximate surface area is 156 Å². The molecular formula is C23H28N2O. The quantitative estimate of drug-likeness (QED) is 0.891. The molecule has 3 nitrogen and oxygen atoms in total. The second-order valence-electron chi connectivity index (χ2n) is 7.93. The van der Waals surface area contributed by atoms with Crippen LogP contribution in [0.3, 0.4) is 0 Å². The molecule has 0 bridgehead atoms. The van der Waals surface area contributed by atoms with E-state index in [0.29, 0.717) is 12.0 Å². The number of amides is 1. The average Bonchev–Trinajstić information content (AvgIpc) is 3.24. The standard InChI is InChI=1S/C23H28N2O/c1-17(19-10-6-3-7-11-19)23(26)24-22-13-12-20-15-25(16-21(20)22)14-18-8-4-2-5-9-18/h2-11,17,20-22H,12-16H2,1H3,(H,24,26)/t17-,20-,21+,22+/m0/s1. The molecule has 1 heterocycles. The van der Waals surface area contributed by atoms with Crippen LogP contribution < -0.4 is 5.32 Å². The van der Waals surface area contributed by atoms with E-state index in [2.05, 4.69) is 40.5 Å². The third-order valence-electron chi connectivity index (χ3n) is 6.20. The van der Waals surface area contributed by atoms with Gasteiger partial charge >= 0.3 is 0 Å². The molecule has 26 heavy (non-hydrogen) atoms. The zero-order valence-corrected chi connectivity index (χ0v) is 15.5. The lowest BCUT2D eigenvalue weighted by molar-refractivity contribution is -0.123. The third-order valence-corrected chi connectivity index (χ3v) is 6.20. The molecule has 2 aromatic rings. The first-order chi connectivity index (χ1) is 12.7. The summed E-state index contributed by atoms with van der Waals surface area (Å²) >= 11 is 0. The topological polar surface area (TPSA) is 32.3 Å². The van der Waals surface area contributed by atoms with E-state index in [1.165, 1.54) is 18.5 Å². The van der Waals surface area contributed by atoms with Crippen molar-refractivity contribution in [1.29, 1.82) is 0 Å². The van der Waals surface area contributed by atoms with E-state index in [-0.39, 0.29) is 11.8 Å². The molecule has 136 valence electrons. The zero-order valence-electron chi connectivity index (χ0n) is 15.5. The number of hydrogen-bond acceptors (Lipinski definition) is 2. The summed E-state index contributed by atoms with van der Waals surface area (Å²) in [6, 6.07) is 21.1. The fourth-order valence-corrected chi connectivity index (χ4v) is 4.71. The summed E-state index contributed by atoms with van der Waals surface area (Å²) in [4.78, 5) is 15.3. The molecule has 4 atom stereocenters. The van der Waals surface area contributed by atoms with Crippen LogP contribution in [0.2, 0.25) is 0 Å². The van der Waals surface area contributed by atoms with Gasteiger partial charge in [-0.2, -0.15) is 0 Å². The molecule has 1 aliphatic carbocycles. The number of hydrogen-bond donors (Lipinski definition) is 1. The number of nitrogens with one attached hydrogen (secondary N) is 1. The lowest BCUT2D eigenvalue weighted by atomic mass is 9.96. The second kappa shape index (κ2) is 7.63. The van der Waals surface area contributed by atoms with E-state index in [9.17, 15) is 4.79 Å². The molecule has 0 aromatic heterocycles. The minimum atomic E-state index is -0.0860. The first-order valence-corrected chi connectivity index (χ1v) is 9.82. The molecule has 2 fully saturated rings. The summed E-state index contributed by atoms with van der Waals surface area (Å²) in [5, 5.41) is 3.37.